The molecule has 3 heterocycles. The number of pyridine rings is 2. The summed E-state index contributed by atoms with van der Waals surface area (Å²) >= 11 is 0. The first-order valence-electron chi connectivity index (χ1n) is 13.0. The molecule has 3 aromatic rings. The second kappa shape index (κ2) is 13.0. The maximum absolute atomic E-state index is 14.6. The van der Waals surface area contributed by atoms with Gasteiger partial charge in [0.15, 0.2) is 5.69 Å². The summed E-state index contributed by atoms with van der Waals surface area (Å²) in [6.45, 7) is -0.767. The van der Waals surface area contributed by atoms with Gasteiger partial charge >= 0.3 is 6.18 Å². The van der Waals surface area contributed by atoms with Crippen molar-refractivity contribution < 1.29 is 31.5 Å². The Labute approximate surface area is 231 Å². The van der Waals surface area contributed by atoms with Crippen LogP contribution >= 0.6 is 0 Å². The Morgan fingerprint density at radius 2 is 1.90 bits per heavy atom. The van der Waals surface area contributed by atoms with Crippen molar-refractivity contribution in [2.45, 2.75) is 70.5 Å². The monoisotopic (exact) mass is 581 g/mol. The Morgan fingerprint density at radius 1 is 1.15 bits per heavy atom. The van der Waals surface area contributed by atoms with E-state index in [0.717, 1.165) is 47.2 Å². The van der Waals surface area contributed by atoms with Crippen LogP contribution < -0.4 is 16.2 Å². The van der Waals surface area contributed by atoms with Gasteiger partial charge in [-0.05, 0) is 43.4 Å². The molecule has 0 bridgehead atoms. The van der Waals surface area contributed by atoms with Gasteiger partial charge in [-0.1, -0.05) is 24.1 Å². The summed E-state index contributed by atoms with van der Waals surface area (Å²) in [6.07, 6.45) is 0.394. The quantitative estimate of drug-likeness (QED) is 0.332. The summed E-state index contributed by atoms with van der Waals surface area (Å²) in [5.74, 6) is -1.97. The number of rotatable bonds is 11. The van der Waals surface area contributed by atoms with E-state index in [1.807, 2.05) is 0 Å². The Kier molecular flexibility index (Phi) is 9.45. The van der Waals surface area contributed by atoms with Crippen LogP contribution in [0.15, 0.2) is 41.5 Å². The number of amides is 2. The highest BCUT2D eigenvalue weighted by molar-refractivity contribution is 5.92. The zero-order valence-electron chi connectivity index (χ0n) is 21.8. The number of aryl methyl sites for hydroxylation is 1. The van der Waals surface area contributed by atoms with Crippen molar-refractivity contribution in [2.75, 3.05) is 5.32 Å². The van der Waals surface area contributed by atoms with Crippen LogP contribution in [0.3, 0.4) is 0 Å². The molecule has 0 spiro atoms. The molecule has 1 saturated carbocycles. The molecule has 3 aromatic heterocycles. The van der Waals surface area contributed by atoms with Crippen LogP contribution in [0.5, 0.6) is 0 Å². The third-order valence-electron chi connectivity index (χ3n) is 6.70. The van der Waals surface area contributed by atoms with Gasteiger partial charge in [0.1, 0.15) is 11.9 Å². The van der Waals surface area contributed by atoms with Crippen LogP contribution in [-0.2, 0) is 30.6 Å². The Morgan fingerprint density at radius 3 is 2.63 bits per heavy atom. The minimum atomic E-state index is -4.62. The molecule has 15 heteroatoms. The lowest BCUT2D eigenvalue weighted by atomic mass is 10.0. The van der Waals surface area contributed by atoms with Crippen LogP contribution in [0.4, 0.5) is 27.6 Å². The van der Waals surface area contributed by atoms with Gasteiger partial charge in [-0.3, -0.25) is 14.4 Å². The number of halogens is 5. The number of hydrogen-bond donors (Lipinski definition) is 2. The molecule has 4 rings (SSSR count). The molecule has 1 atom stereocenters. The maximum atomic E-state index is 14.6. The zero-order chi connectivity index (χ0) is 29.6. The van der Waals surface area contributed by atoms with Gasteiger partial charge in [0.25, 0.3) is 11.5 Å². The fraction of sp³-hybridized carbons (Fsp3) is 0.462. The van der Waals surface area contributed by atoms with E-state index >= 15 is 0 Å². The van der Waals surface area contributed by atoms with Gasteiger partial charge in [-0.15, -0.1) is 5.10 Å². The lowest BCUT2D eigenvalue weighted by Gasteiger charge is -2.13. The number of alkyl halides is 4. The summed E-state index contributed by atoms with van der Waals surface area (Å²) in [7, 11) is 0. The zero-order valence-corrected chi connectivity index (χ0v) is 21.8. The summed E-state index contributed by atoms with van der Waals surface area (Å²) in [6, 6.07) is 4.55. The average molecular weight is 582 g/mol. The Hall–Kier alpha value is -4.17. The first-order valence-corrected chi connectivity index (χ1v) is 13.0. The van der Waals surface area contributed by atoms with Crippen LogP contribution in [0.2, 0.25) is 0 Å². The summed E-state index contributed by atoms with van der Waals surface area (Å²) in [4.78, 5) is 40.3. The van der Waals surface area contributed by atoms with Crippen molar-refractivity contribution in [1.29, 1.82) is 0 Å². The number of nitrogens with one attached hydrogen (secondary N) is 2. The third kappa shape index (κ3) is 8.17. The van der Waals surface area contributed by atoms with Gasteiger partial charge in [0.2, 0.25) is 11.7 Å². The van der Waals surface area contributed by atoms with Crippen molar-refractivity contribution >= 4 is 17.5 Å². The van der Waals surface area contributed by atoms with Crippen molar-refractivity contribution in [1.82, 2.24) is 29.9 Å². The summed E-state index contributed by atoms with van der Waals surface area (Å²) in [5, 5.41) is 12.1. The standard InChI is InChI=1S/C26H28F5N7O3/c27-17(8-10-37-11-9-19(23(28)25(37)41)34-22(39)12-16-4-1-2-5-16)14-38-15-20(35-36-38)24(40)32-13-18-6-3-7-21(33-18)26(29,30)31/h3,6-7,9,11,15-17H,1-2,4-5,8,10,12-14H2,(H,32,40)(H,34,39). The lowest BCUT2D eigenvalue weighted by molar-refractivity contribution is -0.141. The van der Waals surface area contributed by atoms with Crippen molar-refractivity contribution in [3.8, 4) is 0 Å². The molecular formula is C26H28F5N7O3. The predicted molar refractivity (Wildman–Crippen MR) is 136 cm³/mol. The van der Waals surface area contributed by atoms with Gasteiger partial charge in [0, 0.05) is 19.2 Å². The molecule has 0 saturated heterocycles. The third-order valence-corrected chi connectivity index (χ3v) is 6.70. The Balaban J connectivity index is 1.25. The molecule has 1 fully saturated rings. The first kappa shape index (κ1) is 29.8. The van der Waals surface area contributed by atoms with Gasteiger partial charge in [-0.25, -0.2) is 14.1 Å². The van der Waals surface area contributed by atoms with E-state index in [9.17, 15) is 36.3 Å². The van der Waals surface area contributed by atoms with E-state index in [0.29, 0.717) is 0 Å². The van der Waals surface area contributed by atoms with E-state index in [-0.39, 0.29) is 61.4 Å². The van der Waals surface area contributed by atoms with E-state index in [2.05, 4.69) is 25.9 Å². The van der Waals surface area contributed by atoms with Crippen molar-refractivity contribution in [2.24, 2.45) is 5.92 Å². The highest BCUT2D eigenvalue weighted by atomic mass is 19.4. The average Bonchev–Trinajstić information content (AvgIpc) is 3.61. The van der Waals surface area contributed by atoms with Crippen LogP contribution in [0, 0.1) is 11.7 Å². The molecule has 0 radical (unpaired) electrons. The van der Waals surface area contributed by atoms with Crippen molar-refractivity contribution in [3.63, 3.8) is 0 Å². The SMILES string of the molecule is O=C(CC1CCCC1)Nc1ccn(CCC(F)Cn2cc(C(=O)NCc3cccc(C(F)(F)F)n3)nn2)c(=O)c1F. The molecule has 0 aliphatic heterocycles. The molecule has 0 aromatic carbocycles. The molecular weight excluding hydrogens is 553 g/mol. The maximum Gasteiger partial charge on any atom is 0.433 e. The fourth-order valence-corrected chi connectivity index (χ4v) is 4.56. The van der Waals surface area contributed by atoms with Crippen LogP contribution in [0.25, 0.3) is 0 Å². The van der Waals surface area contributed by atoms with Gasteiger partial charge in [0.05, 0.1) is 30.7 Å². The molecule has 1 aliphatic carbocycles. The number of carbonyl (C=O) groups excluding carboxylic acids is 2. The number of hydrogen-bond acceptors (Lipinski definition) is 6. The Bertz CT molecular complexity index is 1430. The minimum Gasteiger partial charge on any atom is -0.345 e. The molecule has 2 amide bonds. The molecule has 2 N–H and O–H groups in total. The largest absolute Gasteiger partial charge is 0.433 e. The van der Waals surface area contributed by atoms with E-state index < -0.39 is 35.3 Å². The fourth-order valence-electron chi connectivity index (χ4n) is 4.56. The van der Waals surface area contributed by atoms with Crippen molar-refractivity contribution in [3.05, 3.63) is 69.9 Å². The van der Waals surface area contributed by atoms with E-state index in [1.54, 1.807) is 0 Å². The summed E-state index contributed by atoms with van der Waals surface area (Å²) < 4.78 is 69.6. The highest BCUT2D eigenvalue weighted by Crippen LogP contribution is 2.28. The van der Waals surface area contributed by atoms with Gasteiger partial charge in [-0.2, -0.15) is 17.6 Å². The molecule has 220 valence electrons. The predicted octanol–water partition coefficient (Wildman–Crippen LogP) is 3.87. The first-order chi connectivity index (χ1) is 19.5. The van der Waals surface area contributed by atoms with E-state index in [4.69, 9.17) is 0 Å². The normalized spacial score (nSPS) is 14.7. The molecule has 41 heavy (non-hydrogen) atoms. The highest BCUT2D eigenvalue weighted by Gasteiger charge is 2.32. The van der Waals surface area contributed by atoms with Crippen LogP contribution in [-0.4, -0.2) is 42.5 Å². The number of anilines is 1. The number of carbonyl (C=O) groups is 2. The van der Waals surface area contributed by atoms with Gasteiger partial charge < -0.3 is 15.2 Å². The smallest absolute Gasteiger partial charge is 0.345 e. The second-order valence-electron chi connectivity index (χ2n) is 9.85. The number of aromatic nitrogens is 5. The molecule has 10 nitrogen and oxygen atoms in total. The lowest BCUT2D eigenvalue weighted by Crippen LogP contribution is -2.27. The second-order valence-corrected chi connectivity index (χ2v) is 9.85. The number of nitrogens with zero attached hydrogens (tertiary/aromatic N) is 5. The summed E-state index contributed by atoms with van der Waals surface area (Å²) in [5.41, 5.74) is -2.51. The van der Waals surface area contributed by atoms with E-state index in [1.165, 1.54) is 24.4 Å². The van der Waals surface area contributed by atoms with Crippen LogP contribution in [0.1, 0.15) is 60.4 Å². The minimum absolute atomic E-state index is 0.0180. The molecule has 1 aliphatic rings. The topological polar surface area (TPSA) is 124 Å². The molecule has 1 unspecified atom stereocenters.